The van der Waals surface area contributed by atoms with Gasteiger partial charge in [0.2, 0.25) is 5.88 Å². The molecule has 0 aliphatic rings. The lowest BCUT2D eigenvalue weighted by molar-refractivity contribution is 0.102. The van der Waals surface area contributed by atoms with Gasteiger partial charge in [0.25, 0.3) is 5.91 Å². The molecule has 1 N–H and O–H groups in total. The molecule has 0 unspecified atom stereocenters. The predicted molar refractivity (Wildman–Crippen MR) is 137 cm³/mol. The molecule has 0 aliphatic heterocycles. The van der Waals surface area contributed by atoms with Crippen molar-refractivity contribution in [2.24, 2.45) is 0 Å². The van der Waals surface area contributed by atoms with E-state index in [9.17, 15) is 4.79 Å². The van der Waals surface area contributed by atoms with Gasteiger partial charge in [-0.3, -0.25) is 9.78 Å². The Morgan fingerprint density at radius 1 is 0.806 bits per heavy atom. The minimum atomic E-state index is -0.291. The maximum Gasteiger partial charge on any atom is 0.255 e. The molecule has 0 radical (unpaired) electrons. The Kier molecular flexibility index (Phi) is 6.40. The highest BCUT2D eigenvalue weighted by Gasteiger charge is 2.14. The van der Waals surface area contributed by atoms with Crippen LogP contribution in [0.25, 0.3) is 22.3 Å². The SMILES string of the molecule is COc1ccc(OC)c(NC(=O)c2ccc(Oc3nc(-c4ccncc4)nc4ccccc34)cc2)c1. The summed E-state index contributed by atoms with van der Waals surface area (Å²) in [7, 11) is 3.10. The quantitative estimate of drug-likeness (QED) is 0.318. The summed E-state index contributed by atoms with van der Waals surface area (Å²) in [5.41, 5.74) is 2.56. The maximum absolute atomic E-state index is 12.9. The predicted octanol–water partition coefficient (Wildman–Crippen LogP) is 5.75. The lowest BCUT2D eigenvalue weighted by Crippen LogP contribution is -2.12. The van der Waals surface area contributed by atoms with Gasteiger partial charge in [-0.2, -0.15) is 4.98 Å². The monoisotopic (exact) mass is 478 g/mol. The van der Waals surface area contributed by atoms with Crippen molar-refractivity contribution in [3.8, 4) is 34.5 Å². The van der Waals surface area contributed by atoms with E-state index in [0.29, 0.717) is 40.2 Å². The van der Waals surface area contributed by atoms with Gasteiger partial charge in [-0.05, 0) is 60.7 Å². The molecule has 0 saturated heterocycles. The van der Waals surface area contributed by atoms with Crippen molar-refractivity contribution in [3.05, 3.63) is 96.8 Å². The van der Waals surface area contributed by atoms with E-state index in [0.717, 1.165) is 16.5 Å². The third-order valence-corrected chi connectivity index (χ3v) is 5.49. The van der Waals surface area contributed by atoms with Crippen LogP contribution >= 0.6 is 0 Å². The zero-order chi connectivity index (χ0) is 24.9. The van der Waals surface area contributed by atoms with Crippen molar-refractivity contribution in [2.75, 3.05) is 19.5 Å². The Morgan fingerprint density at radius 3 is 2.31 bits per heavy atom. The van der Waals surface area contributed by atoms with Crippen LogP contribution in [0.4, 0.5) is 5.69 Å². The Bertz CT molecular complexity index is 1520. The van der Waals surface area contributed by atoms with Crippen molar-refractivity contribution in [3.63, 3.8) is 0 Å². The lowest BCUT2D eigenvalue weighted by Gasteiger charge is -2.12. The highest BCUT2D eigenvalue weighted by atomic mass is 16.5. The van der Waals surface area contributed by atoms with Gasteiger partial charge in [0.1, 0.15) is 17.2 Å². The third kappa shape index (κ3) is 4.78. The number of benzene rings is 3. The molecule has 2 aromatic heterocycles. The molecule has 36 heavy (non-hydrogen) atoms. The summed E-state index contributed by atoms with van der Waals surface area (Å²) in [5.74, 6) is 2.35. The summed E-state index contributed by atoms with van der Waals surface area (Å²) < 4.78 is 16.7. The van der Waals surface area contributed by atoms with Crippen LogP contribution in [0.2, 0.25) is 0 Å². The number of pyridine rings is 1. The fourth-order valence-electron chi connectivity index (χ4n) is 3.65. The van der Waals surface area contributed by atoms with Crippen LogP contribution < -0.4 is 19.5 Å². The highest BCUT2D eigenvalue weighted by Crippen LogP contribution is 2.31. The van der Waals surface area contributed by atoms with E-state index in [1.165, 1.54) is 0 Å². The summed E-state index contributed by atoms with van der Waals surface area (Å²) in [5, 5.41) is 3.64. The average Bonchev–Trinajstić information content (AvgIpc) is 2.93. The Hall–Kier alpha value is -4.98. The van der Waals surface area contributed by atoms with Crippen LogP contribution in [0.5, 0.6) is 23.1 Å². The Morgan fingerprint density at radius 2 is 1.56 bits per heavy atom. The highest BCUT2D eigenvalue weighted by molar-refractivity contribution is 6.05. The van der Waals surface area contributed by atoms with Crippen LogP contribution in [0.15, 0.2) is 91.3 Å². The number of nitrogens with zero attached hydrogens (tertiary/aromatic N) is 3. The van der Waals surface area contributed by atoms with Crippen molar-refractivity contribution in [1.82, 2.24) is 15.0 Å². The van der Waals surface area contributed by atoms with E-state index < -0.39 is 0 Å². The molecule has 3 aromatic carbocycles. The van der Waals surface area contributed by atoms with Crippen LogP contribution in [0, 0.1) is 0 Å². The molecule has 0 atom stereocenters. The Labute approximate surface area is 207 Å². The number of para-hydroxylation sites is 1. The molecule has 0 aliphatic carbocycles. The number of hydrogen-bond donors (Lipinski definition) is 1. The Balaban J connectivity index is 1.40. The topological polar surface area (TPSA) is 95.5 Å². The van der Waals surface area contributed by atoms with Gasteiger partial charge in [0, 0.05) is 29.6 Å². The third-order valence-electron chi connectivity index (χ3n) is 5.49. The van der Waals surface area contributed by atoms with E-state index in [-0.39, 0.29) is 5.91 Å². The maximum atomic E-state index is 12.9. The van der Waals surface area contributed by atoms with E-state index in [1.807, 2.05) is 36.4 Å². The van der Waals surface area contributed by atoms with Crippen LogP contribution in [0.3, 0.4) is 0 Å². The van der Waals surface area contributed by atoms with E-state index in [4.69, 9.17) is 14.2 Å². The molecule has 8 heteroatoms. The number of amides is 1. The molecule has 0 fully saturated rings. The summed E-state index contributed by atoms with van der Waals surface area (Å²) in [6.45, 7) is 0. The number of aromatic nitrogens is 3. The molecular weight excluding hydrogens is 456 g/mol. The summed E-state index contributed by atoms with van der Waals surface area (Å²) in [4.78, 5) is 26.2. The van der Waals surface area contributed by atoms with Gasteiger partial charge in [-0.1, -0.05) is 12.1 Å². The molecule has 178 valence electrons. The number of carbonyl (C=O) groups excluding carboxylic acids is 1. The van der Waals surface area contributed by atoms with E-state index >= 15 is 0 Å². The first kappa shape index (κ1) is 22.8. The smallest absolute Gasteiger partial charge is 0.255 e. The number of carbonyl (C=O) groups is 1. The number of methoxy groups -OCH3 is 2. The first-order valence-electron chi connectivity index (χ1n) is 11.1. The molecule has 8 nitrogen and oxygen atoms in total. The van der Waals surface area contributed by atoms with Gasteiger partial charge in [0.05, 0.1) is 30.8 Å². The number of nitrogens with one attached hydrogen (secondary N) is 1. The minimum Gasteiger partial charge on any atom is -0.497 e. The zero-order valence-electron chi connectivity index (χ0n) is 19.6. The number of ether oxygens (including phenoxy) is 3. The molecule has 5 rings (SSSR count). The molecule has 1 amide bonds. The van der Waals surface area contributed by atoms with Crippen molar-refractivity contribution in [1.29, 1.82) is 0 Å². The molecule has 5 aromatic rings. The molecule has 0 spiro atoms. The molecule has 0 saturated carbocycles. The number of rotatable bonds is 7. The van der Waals surface area contributed by atoms with Gasteiger partial charge in [-0.25, -0.2) is 4.98 Å². The van der Waals surface area contributed by atoms with E-state index in [2.05, 4.69) is 20.3 Å². The second kappa shape index (κ2) is 10.1. The average molecular weight is 479 g/mol. The van der Waals surface area contributed by atoms with Crippen molar-refractivity contribution >= 4 is 22.5 Å². The van der Waals surface area contributed by atoms with Gasteiger partial charge >= 0.3 is 0 Å². The first-order valence-corrected chi connectivity index (χ1v) is 11.1. The fraction of sp³-hybridized carbons (Fsp3) is 0.0714. The summed E-state index contributed by atoms with van der Waals surface area (Å²) >= 11 is 0. The fourth-order valence-corrected chi connectivity index (χ4v) is 3.65. The van der Waals surface area contributed by atoms with Gasteiger partial charge < -0.3 is 19.5 Å². The largest absolute Gasteiger partial charge is 0.497 e. The van der Waals surface area contributed by atoms with Crippen LogP contribution in [-0.2, 0) is 0 Å². The number of anilines is 1. The second-order valence-electron chi connectivity index (χ2n) is 7.75. The van der Waals surface area contributed by atoms with Crippen molar-refractivity contribution in [2.45, 2.75) is 0 Å². The molecular formula is C28H22N4O4. The molecule has 0 bridgehead atoms. The number of hydrogen-bond acceptors (Lipinski definition) is 7. The normalized spacial score (nSPS) is 10.6. The second-order valence-corrected chi connectivity index (χ2v) is 7.75. The number of fused-ring (bicyclic) bond motifs is 1. The standard InChI is InChI=1S/C28H22N4O4/c1-34-21-11-12-25(35-2)24(17-21)31-27(33)19-7-9-20(10-8-19)36-28-22-5-3-4-6-23(22)30-26(32-28)18-13-15-29-16-14-18/h3-17H,1-2H3,(H,31,33). The lowest BCUT2D eigenvalue weighted by atomic mass is 10.2. The van der Waals surface area contributed by atoms with Gasteiger partial charge in [0.15, 0.2) is 5.82 Å². The van der Waals surface area contributed by atoms with E-state index in [1.54, 1.807) is 69.1 Å². The minimum absolute atomic E-state index is 0.291. The van der Waals surface area contributed by atoms with Gasteiger partial charge in [-0.15, -0.1) is 0 Å². The zero-order valence-corrected chi connectivity index (χ0v) is 19.6. The summed E-state index contributed by atoms with van der Waals surface area (Å²) in [6.07, 6.45) is 3.39. The van der Waals surface area contributed by atoms with Crippen molar-refractivity contribution < 1.29 is 19.0 Å². The summed E-state index contributed by atoms with van der Waals surface area (Å²) in [6, 6.07) is 23.3. The molecule has 2 heterocycles. The first-order chi connectivity index (χ1) is 17.6. The van der Waals surface area contributed by atoms with Crippen LogP contribution in [-0.4, -0.2) is 35.1 Å². The van der Waals surface area contributed by atoms with Crippen LogP contribution in [0.1, 0.15) is 10.4 Å².